The van der Waals surface area contributed by atoms with E-state index in [0.717, 1.165) is 38.0 Å². The van der Waals surface area contributed by atoms with Gasteiger partial charge in [0.05, 0.1) is 17.2 Å². The molecule has 2 aromatic rings. The highest BCUT2D eigenvalue weighted by atomic mass is 16.2. The fourth-order valence-corrected chi connectivity index (χ4v) is 4.54. The molecule has 1 saturated heterocycles. The molecule has 6 nitrogen and oxygen atoms in total. The Labute approximate surface area is 159 Å². The summed E-state index contributed by atoms with van der Waals surface area (Å²) >= 11 is 0. The lowest BCUT2D eigenvalue weighted by Crippen LogP contribution is -2.46. The minimum Gasteiger partial charge on any atom is -0.366 e. The van der Waals surface area contributed by atoms with Gasteiger partial charge in [-0.15, -0.1) is 0 Å². The van der Waals surface area contributed by atoms with E-state index < -0.39 is 5.91 Å². The third-order valence-electron chi connectivity index (χ3n) is 6.07. The Morgan fingerprint density at radius 2 is 1.93 bits per heavy atom. The normalized spacial score (nSPS) is 20.9. The highest BCUT2D eigenvalue weighted by molar-refractivity contribution is 6.09. The van der Waals surface area contributed by atoms with Crippen molar-refractivity contribution in [3.8, 4) is 0 Å². The number of hydrogen-bond donors (Lipinski definition) is 1. The number of aromatic nitrogens is 1. The predicted octanol–water partition coefficient (Wildman–Crippen LogP) is 2.31. The highest BCUT2D eigenvalue weighted by Crippen LogP contribution is 2.38. The van der Waals surface area contributed by atoms with Crippen molar-refractivity contribution in [2.75, 3.05) is 13.1 Å². The average molecular weight is 366 g/mol. The molecular weight excluding hydrogens is 340 g/mol. The first-order valence-electron chi connectivity index (χ1n) is 9.55. The van der Waals surface area contributed by atoms with E-state index in [9.17, 15) is 9.59 Å². The van der Waals surface area contributed by atoms with Gasteiger partial charge in [-0.05, 0) is 43.5 Å². The number of carbonyl (C=O) groups excluding carboxylic acids is 2. The zero-order chi connectivity index (χ0) is 19.1. The maximum Gasteiger partial charge on any atom is 0.255 e. The van der Waals surface area contributed by atoms with Crippen molar-refractivity contribution >= 4 is 11.8 Å². The number of nitrogens with two attached hydrogens (primary N) is 1. The van der Waals surface area contributed by atoms with Crippen molar-refractivity contribution in [2.45, 2.75) is 38.4 Å². The van der Waals surface area contributed by atoms with E-state index in [1.54, 1.807) is 6.07 Å². The molecule has 6 heteroatoms. The lowest BCUT2D eigenvalue weighted by Gasteiger charge is -2.38. The summed E-state index contributed by atoms with van der Waals surface area (Å²) in [4.78, 5) is 29.3. The summed E-state index contributed by atoms with van der Waals surface area (Å²) < 4.78 is 2.15. The molecule has 1 aromatic carbocycles. The van der Waals surface area contributed by atoms with Gasteiger partial charge in [0.15, 0.2) is 0 Å². The van der Waals surface area contributed by atoms with Crippen LogP contribution in [-0.2, 0) is 13.6 Å². The number of nitrogens with zero attached hydrogens (tertiary/aromatic N) is 3. The van der Waals surface area contributed by atoms with Gasteiger partial charge in [-0.2, -0.15) is 0 Å². The molecule has 1 unspecified atom stereocenters. The minimum atomic E-state index is -0.536. The molecule has 0 bridgehead atoms. The minimum absolute atomic E-state index is 0.0174. The van der Waals surface area contributed by atoms with E-state index in [1.165, 1.54) is 5.69 Å². The summed E-state index contributed by atoms with van der Waals surface area (Å²) in [6.07, 6.45) is 3.96. The maximum absolute atomic E-state index is 13.1. The largest absolute Gasteiger partial charge is 0.366 e. The van der Waals surface area contributed by atoms with E-state index in [1.807, 2.05) is 24.0 Å². The Kier molecular flexibility index (Phi) is 4.52. The molecule has 2 N–H and O–H groups in total. The monoisotopic (exact) mass is 366 g/mol. The van der Waals surface area contributed by atoms with Crippen LogP contribution in [0, 0.1) is 0 Å². The number of primary amides is 1. The molecule has 1 atom stereocenters. The van der Waals surface area contributed by atoms with Crippen LogP contribution in [0.15, 0.2) is 36.5 Å². The smallest absolute Gasteiger partial charge is 0.255 e. The summed E-state index contributed by atoms with van der Waals surface area (Å²) in [5.41, 5.74) is 8.56. The van der Waals surface area contributed by atoms with Gasteiger partial charge in [0.25, 0.3) is 5.91 Å². The molecule has 27 heavy (non-hydrogen) atoms. The molecule has 142 valence electrons. The van der Waals surface area contributed by atoms with Crippen molar-refractivity contribution in [1.82, 2.24) is 14.4 Å². The third kappa shape index (κ3) is 3.04. The van der Waals surface area contributed by atoms with Crippen LogP contribution in [-0.4, -0.2) is 45.3 Å². The van der Waals surface area contributed by atoms with Crippen LogP contribution in [0.4, 0.5) is 0 Å². The van der Waals surface area contributed by atoms with Crippen LogP contribution in [0.2, 0.25) is 0 Å². The number of likely N-dealkylation sites (tertiary alicyclic amines) is 1. The Morgan fingerprint density at radius 3 is 2.56 bits per heavy atom. The van der Waals surface area contributed by atoms with Gasteiger partial charge >= 0.3 is 0 Å². The SMILES string of the molecule is CC1c2cccc(C(N)=O)c2C(=O)N1C1CCN(Cc2cccn2C)CC1. The molecule has 2 aliphatic heterocycles. The zero-order valence-electron chi connectivity index (χ0n) is 15.9. The van der Waals surface area contributed by atoms with Gasteiger partial charge in [0, 0.05) is 44.6 Å². The van der Waals surface area contributed by atoms with E-state index in [-0.39, 0.29) is 18.0 Å². The van der Waals surface area contributed by atoms with E-state index in [2.05, 4.69) is 34.8 Å². The van der Waals surface area contributed by atoms with Crippen LogP contribution in [0.3, 0.4) is 0 Å². The maximum atomic E-state index is 13.1. The summed E-state index contributed by atoms with van der Waals surface area (Å²) in [5, 5.41) is 0. The molecular formula is C21H26N4O2. The summed E-state index contributed by atoms with van der Waals surface area (Å²) in [6, 6.07) is 9.81. The molecule has 0 aliphatic carbocycles. The number of fused-ring (bicyclic) bond motifs is 1. The number of aryl methyl sites for hydroxylation is 1. The number of carbonyl (C=O) groups is 2. The number of benzene rings is 1. The molecule has 0 saturated carbocycles. The molecule has 2 aliphatic rings. The third-order valence-corrected chi connectivity index (χ3v) is 6.07. The van der Waals surface area contributed by atoms with E-state index in [4.69, 9.17) is 5.73 Å². The lowest BCUT2D eigenvalue weighted by molar-refractivity contribution is 0.0508. The van der Waals surface area contributed by atoms with Crippen molar-refractivity contribution in [3.05, 3.63) is 58.9 Å². The first kappa shape index (κ1) is 17.8. The van der Waals surface area contributed by atoms with Crippen LogP contribution in [0.1, 0.15) is 57.8 Å². The molecule has 4 rings (SSSR count). The molecule has 1 fully saturated rings. The van der Waals surface area contributed by atoms with Crippen LogP contribution < -0.4 is 5.73 Å². The number of rotatable bonds is 4. The second-order valence-corrected chi connectivity index (χ2v) is 7.64. The molecule has 2 amide bonds. The van der Waals surface area contributed by atoms with Gasteiger partial charge in [0.2, 0.25) is 5.91 Å². The standard InChI is InChI=1S/C21H26N4O2/c1-14-17-6-3-7-18(20(22)26)19(17)21(27)25(14)15-8-11-24(12-9-15)13-16-5-4-10-23(16)2/h3-7,10,14-15H,8-9,11-13H2,1-2H3,(H2,22,26). The van der Waals surface area contributed by atoms with Gasteiger partial charge in [-0.1, -0.05) is 12.1 Å². The lowest BCUT2D eigenvalue weighted by atomic mass is 9.99. The van der Waals surface area contributed by atoms with Crippen LogP contribution in [0.25, 0.3) is 0 Å². The Hall–Kier alpha value is -2.60. The fourth-order valence-electron chi connectivity index (χ4n) is 4.54. The Balaban J connectivity index is 1.47. The summed E-state index contributed by atoms with van der Waals surface area (Å²) in [5.74, 6) is -0.584. The quantitative estimate of drug-likeness (QED) is 0.903. The second kappa shape index (κ2) is 6.85. The number of hydrogen-bond acceptors (Lipinski definition) is 3. The molecule has 0 radical (unpaired) electrons. The van der Waals surface area contributed by atoms with Gasteiger partial charge < -0.3 is 15.2 Å². The highest BCUT2D eigenvalue weighted by Gasteiger charge is 2.41. The average Bonchev–Trinajstić information content (AvgIpc) is 3.17. The van der Waals surface area contributed by atoms with Crippen molar-refractivity contribution < 1.29 is 9.59 Å². The van der Waals surface area contributed by atoms with Crippen molar-refractivity contribution in [1.29, 1.82) is 0 Å². The van der Waals surface area contributed by atoms with Gasteiger partial charge in [-0.25, -0.2) is 0 Å². The van der Waals surface area contributed by atoms with Crippen LogP contribution >= 0.6 is 0 Å². The number of amides is 2. The molecule has 3 heterocycles. The van der Waals surface area contributed by atoms with E-state index >= 15 is 0 Å². The van der Waals surface area contributed by atoms with Crippen LogP contribution in [0.5, 0.6) is 0 Å². The number of piperidine rings is 1. The van der Waals surface area contributed by atoms with Crippen molar-refractivity contribution in [2.24, 2.45) is 12.8 Å². The van der Waals surface area contributed by atoms with Gasteiger partial charge in [-0.3, -0.25) is 14.5 Å². The van der Waals surface area contributed by atoms with Crippen molar-refractivity contribution in [3.63, 3.8) is 0 Å². The first-order chi connectivity index (χ1) is 13.0. The topological polar surface area (TPSA) is 71.6 Å². The summed E-state index contributed by atoms with van der Waals surface area (Å²) in [7, 11) is 2.07. The predicted molar refractivity (Wildman–Crippen MR) is 103 cm³/mol. The fraction of sp³-hybridized carbons (Fsp3) is 0.429. The second-order valence-electron chi connectivity index (χ2n) is 7.64. The molecule has 1 aromatic heterocycles. The van der Waals surface area contributed by atoms with E-state index in [0.29, 0.717) is 11.1 Å². The molecule has 0 spiro atoms. The Morgan fingerprint density at radius 1 is 1.19 bits per heavy atom. The van der Waals surface area contributed by atoms with Gasteiger partial charge in [0.1, 0.15) is 0 Å². The first-order valence-corrected chi connectivity index (χ1v) is 9.55. The zero-order valence-corrected chi connectivity index (χ0v) is 15.9. The Bertz CT molecular complexity index is 880. The summed E-state index contributed by atoms with van der Waals surface area (Å²) in [6.45, 7) is 4.91.